The number of aliphatic hydroxyl groups excluding tert-OH is 1. The average molecular weight is 555 g/mol. The number of fused-ring (bicyclic) bond motifs is 1. The Bertz CT molecular complexity index is 1490. The zero-order valence-electron chi connectivity index (χ0n) is 28.1. The number of carbonyl (C=O) groups is 1. The first-order valence-corrected chi connectivity index (χ1v) is 13.5. The normalized spacial score (nSPS) is 34.0. The van der Waals surface area contributed by atoms with Crippen LogP contribution in [0.15, 0.2) is 59.5 Å². The third-order valence-corrected chi connectivity index (χ3v) is 7.74. The summed E-state index contributed by atoms with van der Waals surface area (Å²) in [6.07, 6.45) is -12.3. The fourth-order valence-electron chi connectivity index (χ4n) is 4.04. The topological polar surface area (TPSA) is 140 Å². The molecule has 0 saturated carbocycles. The molecule has 2 aromatic carbocycles. The van der Waals surface area contributed by atoms with Crippen LogP contribution in [-0.2, 0) is 30.7 Å². The summed E-state index contributed by atoms with van der Waals surface area (Å²) in [5, 5.41) is 13.8. The van der Waals surface area contributed by atoms with Crippen molar-refractivity contribution in [3.63, 3.8) is 0 Å². The van der Waals surface area contributed by atoms with Gasteiger partial charge in [0.05, 0.1) is 41.6 Å². The van der Waals surface area contributed by atoms with Crippen molar-refractivity contribution in [2.24, 2.45) is 11.8 Å². The summed E-state index contributed by atoms with van der Waals surface area (Å²) >= 11 is 0. The van der Waals surface area contributed by atoms with Crippen LogP contribution in [0.4, 0.5) is 10.5 Å². The van der Waals surface area contributed by atoms with Gasteiger partial charge >= 0.3 is 6.09 Å². The Hall–Kier alpha value is -2.70. The van der Waals surface area contributed by atoms with Crippen molar-refractivity contribution < 1.29 is 42.1 Å². The number of ether oxygens (including phenoxy) is 3. The van der Waals surface area contributed by atoms with Gasteiger partial charge in [0, 0.05) is 22.9 Å². The number of alkyl carbamates (subject to hydrolysis) is 1. The van der Waals surface area contributed by atoms with E-state index in [1.165, 1.54) is 24.3 Å². The smallest absolute Gasteiger partial charge is 0.407 e. The fourth-order valence-corrected chi connectivity index (χ4v) is 5.66. The molecule has 0 unspecified atom stereocenters. The fraction of sp³-hybridized carbons (Fsp3) is 0.519. The average Bonchev–Trinajstić information content (AvgIpc) is 3.20. The summed E-state index contributed by atoms with van der Waals surface area (Å²) in [5.74, 6) is -3.34. The van der Waals surface area contributed by atoms with Gasteiger partial charge in [0.2, 0.25) is 10.0 Å². The molecule has 2 aliphatic rings. The molecule has 0 aliphatic carbocycles. The molecule has 38 heavy (non-hydrogen) atoms. The van der Waals surface area contributed by atoms with Gasteiger partial charge < -0.3 is 30.4 Å². The van der Waals surface area contributed by atoms with Gasteiger partial charge in [-0.25, -0.2) is 13.2 Å². The monoisotopic (exact) mass is 554 g/mol. The molecule has 0 spiro atoms. The van der Waals surface area contributed by atoms with E-state index in [1.807, 2.05) is 0 Å². The van der Waals surface area contributed by atoms with Gasteiger partial charge in [-0.2, -0.15) is 4.31 Å². The van der Waals surface area contributed by atoms with E-state index in [1.54, 1.807) is 44.2 Å². The molecule has 1 amide bonds. The highest BCUT2D eigenvalue weighted by molar-refractivity contribution is 7.89. The number of benzene rings is 2. The largest absolute Gasteiger partial charge is 0.443 e. The summed E-state index contributed by atoms with van der Waals surface area (Å²) in [5.41, 5.74) is 6.72. The lowest BCUT2D eigenvalue weighted by atomic mass is 10.0. The maximum atomic E-state index is 13.6. The van der Waals surface area contributed by atoms with Crippen LogP contribution in [0.5, 0.6) is 0 Å². The molecule has 0 bridgehead atoms. The molecule has 208 valence electrons. The van der Waals surface area contributed by atoms with Gasteiger partial charge in [-0.05, 0) is 48.5 Å². The van der Waals surface area contributed by atoms with E-state index in [9.17, 15) is 18.3 Å². The highest BCUT2D eigenvalue weighted by Crippen LogP contribution is 2.33. The number of aliphatic hydroxyl groups is 1. The Morgan fingerprint density at radius 2 is 1.92 bits per heavy atom. The SMILES string of the molecule is [2H]C1([2H])O[C@]2([2H])OC[C@]([2H])(OC(=O)N[C@@H](Cc3ccccc3)[C@H](O)CN(CC(C)C)S(=O)(=O)c3ccc(N)cc3)[C@]2([2H])C1([2H])[2H]. The molecular formula is C27H37N3O7S. The molecule has 10 nitrogen and oxygen atoms in total. The zero-order valence-corrected chi connectivity index (χ0v) is 21.9. The van der Waals surface area contributed by atoms with Gasteiger partial charge in [0.25, 0.3) is 0 Å². The van der Waals surface area contributed by atoms with Crippen molar-refractivity contribution >= 4 is 21.8 Å². The number of anilines is 1. The van der Waals surface area contributed by atoms with E-state index >= 15 is 0 Å². The van der Waals surface area contributed by atoms with E-state index < -0.39 is 72.6 Å². The number of nitrogens with two attached hydrogens (primary N) is 1. The maximum Gasteiger partial charge on any atom is 0.407 e. The summed E-state index contributed by atoms with van der Waals surface area (Å²) in [6, 6.07) is 12.9. The van der Waals surface area contributed by atoms with Crippen LogP contribution in [-0.4, -0.2) is 74.7 Å². The first kappa shape index (κ1) is 20.2. The number of sulfonamides is 1. The summed E-state index contributed by atoms with van der Waals surface area (Å²) in [4.78, 5) is 13.2. The third-order valence-electron chi connectivity index (χ3n) is 5.90. The molecule has 4 rings (SSSR count). The summed E-state index contributed by atoms with van der Waals surface area (Å²) in [7, 11) is -4.13. The Balaban J connectivity index is 1.61. The highest BCUT2D eigenvalue weighted by atomic mass is 32.2. The molecule has 11 heteroatoms. The van der Waals surface area contributed by atoms with Crippen molar-refractivity contribution in [3.8, 4) is 0 Å². The predicted molar refractivity (Wildman–Crippen MR) is 142 cm³/mol. The first-order chi connectivity index (χ1) is 20.7. The van der Waals surface area contributed by atoms with E-state index in [2.05, 4.69) is 5.32 Å². The minimum Gasteiger partial charge on any atom is -0.443 e. The van der Waals surface area contributed by atoms with E-state index in [0.717, 1.165) is 4.31 Å². The van der Waals surface area contributed by atoms with Crippen molar-refractivity contribution in [3.05, 3.63) is 60.2 Å². The van der Waals surface area contributed by atoms with Crippen LogP contribution in [0.2, 0.25) is 0 Å². The predicted octanol–water partition coefficient (Wildman–Crippen LogP) is 2.38. The first-order valence-electron chi connectivity index (χ1n) is 15.6. The van der Waals surface area contributed by atoms with Crippen molar-refractivity contribution in [1.29, 1.82) is 0 Å². The van der Waals surface area contributed by atoms with E-state index in [4.69, 9.17) is 29.5 Å². The van der Waals surface area contributed by atoms with Gasteiger partial charge in [0.1, 0.15) is 6.08 Å². The molecular weight excluding hydrogens is 510 g/mol. The Labute approximate surface area is 233 Å². The summed E-state index contributed by atoms with van der Waals surface area (Å²) < 4.78 is 101. The number of rotatable bonds is 11. The Morgan fingerprint density at radius 3 is 2.61 bits per heavy atom. The second-order valence-corrected chi connectivity index (χ2v) is 11.3. The van der Waals surface area contributed by atoms with Crippen LogP contribution in [0.25, 0.3) is 0 Å². The van der Waals surface area contributed by atoms with Crippen molar-refractivity contribution in [2.45, 2.75) is 56.0 Å². The number of hydrogen-bond acceptors (Lipinski definition) is 8. The minimum absolute atomic E-state index is 0.0173. The number of nitrogens with zero attached hydrogens (tertiary/aromatic N) is 1. The highest BCUT2D eigenvalue weighted by Gasteiger charge is 2.44. The maximum absolute atomic E-state index is 13.6. The van der Waals surface area contributed by atoms with Gasteiger partial charge in [-0.15, -0.1) is 0 Å². The van der Waals surface area contributed by atoms with E-state index in [-0.39, 0.29) is 23.8 Å². The lowest BCUT2D eigenvalue weighted by Gasteiger charge is -2.31. The molecule has 4 N–H and O–H groups in total. The second-order valence-electron chi connectivity index (χ2n) is 9.39. The van der Waals surface area contributed by atoms with Crippen LogP contribution >= 0.6 is 0 Å². The summed E-state index contributed by atoms with van der Waals surface area (Å²) in [6.45, 7) is -1.08. The van der Waals surface area contributed by atoms with E-state index in [0.29, 0.717) is 11.3 Å². The molecule has 2 aliphatic heterocycles. The van der Waals surface area contributed by atoms with Crippen molar-refractivity contribution in [1.82, 2.24) is 9.62 Å². The lowest BCUT2D eigenvalue weighted by molar-refractivity contribution is -0.0907. The molecule has 2 aromatic rings. The Morgan fingerprint density at radius 1 is 1.21 bits per heavy atom. The number of nitrogen functional groups attached to an aromatic ring is 1. The number of hydrogen-bond donors (Lipinski definition) is 3. The van der Waals surface area contributed by atoms with Crippen molar-refractivity contribution in [2.75, 3.05) is 32.0 Å². The van der Waals surface area contributed by atoms with Gasteiger partial charge in [-0.3, -0.25) is 0 Å². The zero-order chi connectivity index (χ0) is 33.6. The molecule has 0 radical (unpaired) electrons. The molecule has 2 heterocycles. The molecule has 5 atom stereocenters. The number of amides is 1. The van der Waals surface area contributed by atoms with Gasteiger partial charge in [-0.1, -0.05) is 44.2 Å². The molecule has 2 fully saturated rings. The second kappa shape index (κ2) is 12.4. The van der Waals surface area contributed by atoms with Crippen LogP contribution < -0.4 is 11.1 Å². The quantitative estimate of drug-likeness (QED) is 0.360. The third kappa shape index (κ3) is 7.03. The number of carbonyl (C=O) groups excluding carboxylic acids is 1. The van der Waals surface area contributed by atoms with Crippen LogP contribution in [0.1, 0.15) is 35.4 Å². The standard InChI is InChI=1S/C27H37N3O7S/c1-18(2)15-30(38(33,34)21-10-8-20(28)9-11-21)16-24(31)23(14-19-6-4-3-5-7-19)29-27(32)37-25-17-36-26-22(25)12-13-35-26/h3-11,18,22-26,31H,12-17,28H2,1-2H3,(H,29,32)/t22-,23-,24+,25-,26+/m0/s1/i12D2,13D2,22D,25D,26D. The molecule has 0 aromatic heterocycles. The lowest BCUT2D eigenvalue weighted by Crippen LogP contribution is -2.51. The Kier molecular flexibility index (Phi) is 6.62. The molecule has 2 saturated heterocycles. The number of nitrogens with one attached hydrogen (secondary N) is 1. The van der Waals surface area contributed by atoms with Crippen LogP contribution in [0, 0.1) is 11.8 Å². The van der Waals surface area contributed by atoms with Gasteiger partial charge in [0.15, 0.2) is 6.27 Å². The minimum atomic E-state index is -4.13. The van der Waals surface area contributed by atoms with Crippen LogP contribution in [0.3, 0.4) is 0 Å².